The Bertz CT molecular complexity index is 322. The van der Waals surface area contributed by atoms with Crippen molar-refractivity contribution >= 4 is 5.97 Å². The van der Waals surface area contributed by atoms with Crippen LogP contribution in [0.25, 0.3) is 0 Å². The molecule has 2 aliphatic rings. The van der Waals surface area contributed by atoms with E-state index in [0.717, 1.165) is 38.5 Å². The van der Waals surface area contributed by atoms with Crippen molar-refractivity contribution in [3.05, 3.63) is 0 Å². The van der Waals surface area contributed by atoms with Crippen molar-refractivity contribution in [3.8, 4) is 0 Å². The van der Waals surface area contributed by atoms with E-state index >= 15 is 0 Å². The Hall–Kier alpha value is -0.530. The highest BCUT2D eigenvalue weighted by Crippen LogP contribution is 2.54. The largest absolute Gasteiger partial charge is 0.481 e. The van der Waals surface area contributed by atoms with Gasteiger partial charge in [-0.15, -0.1) is 0 Å². The first kappa shape index (κ1) is 14.9. The van der Waals surface area contributed by atoms with Crippen LogP contribution in [0.15, 0.2) is 0 Å². The highest BCUT2D eigenvalue weighted by atomic mass is 16.4. The lowest BCUT2D eigenvalue weighted by Gasteiger charge is -2.49. The summed E-state index contributed by atoms with van der Waals surface area (Å²) in [4.78, 5) is 12.0. The second-order valence-corrected chi connectivity index (χ2v) is 7.68. The third-order valence-corrected chi connectivity index (χ3v) is 6.06. The van der Waals surface area contributed by atoms with Crippen LogP contribution in [0.2, 0.25) is 0 Å². The zero-order chi connectivity index (χ0) is 14.1. The lowest BCUT2D eigenvalue weighted by Crippen LogP contribution is -2.47. The zero-order valence-corrected chi connectivity index (χ0v) is 12.9. The molecule has 0 aromatic carbocycles. The molecule has 0 saturated heterocycles. The number of hydrogen-bond donors (Lipinski definition) is 1. The molecule has 0 radical (unpaired) electrons. The summed E-state index contributed by atoms with van der Waals surface area (Å²) in [7, 11) is 0. The van der Waals surface area contributed by atoms with Gasteiger partial charge in [-0.2, -0.15) is 0 Å². The predicted octanol–water partition coefficient (Wildman–Crippen LogP) is 4.87. The van der Waals surface area contributed by atoms with Gasteiger partial charge < -0.3 is 5.11 Å². The number of hydrogen-bond acceptors (Lipinski definition) is 1. The molecule has 0 amide bonds. The summed E-state index contributed by atoms with van der Waals surface area (Å²) in [5.74, 6) is 0.569. The minimum absolute atomic E-state index is 0.343. The number of carboxylic acids is 1. The number of rotatable bonds is 3. The second kappa shape index (κ2) is 5.46. The van der Waals surface area contributed by atoms with E-state index < -0.39 is 11.4 Å². The zero-order valence-electron chi connectivity index (χ0n) is 12.9. The molecule has 0 aromatic rings. The molecule has 0 aliphatic heterocycles. The fraction of sp³-hybridized carbons (Fsp3) is 0.941. The van der Waals surface area contributed by atoms with Crippen LogP contribution < -0.4 is 0 Å². The van der Waals surface area contributed by atoms with Gasteiger partial charge in [0.2, 0.25) is 0 Å². The highest BCUT2D eigenvalue weighted by molar-refractivity contribution is 5.75. The van der Waals surface area contributed by atoms with Gasteiger partial charge in [-0.05, 0) is 49.4 Å². The van der Waals surface area contributed by atoms with Gasteiger partial charge in [0.15, 0.2) is 0 Å². The van der Waals surface area contributed by atoms with E-state index in [9.17, 15) is 9.90 Å². The van der Waals surface area contributed by atoms with Gasteiger partial charge in [0.1, 0.15) is 0 Å². The molecule has 0 spiro atoms. The molecule has 0 bridgehead atoms. The Morgan fingerprint density at radius 2 is 1.68 bits per heavy atom. The molecule has 2 atom stereocenters. The molecule has 110 valence electrons. The summed E-state index contributed by atoms with van der Waals surface area (Å²) < 4.78 is 0. The van der Waals surface area contributed by atoms with E-state index in [4.69, 9.17) is 0 Å². The Kier molecular flexibility index (Phi) is 4.27. The van der Waals surface area contributed by atoms with Gasteiger partial charge in [-0.1, -0.05) is 46.5 Å². The van der Waals surface area contributed by atoms with Crippen LogP contribution in [0, 0.1) is 22.7 Å². The summed E-state index contributed by atoms with van der Waals surface area (Å²) in [6.07, 6.45) is 10.0. The quantitative estimate of drug-likeness (QED) is 0.791. The predicted molar refractivity (Wildman–Crippen MR) is 78.1 cm³/mol. The molecule has 0 aromatic heterocycles. The van der Waals surface area contributed by atoms with Crippen molar-refractivity contribution in [2.24, 2.45) is 22.7 Å². The molecule has 2 unspecified atom stereocenters. The van der Waals surface area contributed by atoms with Crippen molar-refractivity contribution in [1.29, 1.82) is 0 Å². The van der Waals surface area contributed by atoms with Gasteiger partial charge in [-0.3, -0.25) is 4.79 Å². The molecule has 2 fully saturated rings. The molecule has 1 N–H and O–H groups in total. The average Bonchev–Trinajstić information content (AvgIpc) is 2.39. The van der Waals surface area contributed by atoms with E-state index in [1.54, 1.807) is 0 Å². The summed E-state index contributed by atoms with van der Waals surface area (Å²) in [6, 6.07) is 0. The van der Waals surface area contributed by atoms with Crippen LogP contribution in [0.5, 0.6) is 0 Å². The molecule has 0 heterocycles. The van der Waals surface area contributed by atoms with Crippen LogP contribution in [0.1, 0.15) is 78.6 Å². The maximum atomic E-state index is 12.0. The Balaban J connectivity index is 2.22. The van der Waals surface area contributed by atoms with Gasteiger partial charge in [0.25, 0.3) is 0 Å². The van der Waals surface area contributed by atoms with Crippen molar-refractivity contribution in [1.82, 2.24) is 0 Å². The fourth-order valence-corrected chi connectivity index (χ4v) is 4.54. The van der Waals surface area contributed by atoms with Crippen LogP contribution in [0.3, 0.4) is 0 Å². The van der Waals surface area contributed by atoms with E-state index in [1.165, 1.54) is 19.3 Å². The molecule has 2 rings (SSSR count). The molecule has 2 aliphatic carbocycles. The first-order valence-corrected chi connectivity index (χ1v) is 8.15. The average molecular weight is 266 g/mol. The second-order valence-electron chi connectivity index (χ2n) is 7.68. The maximum absolute atomic E-state index is 12.0. The lowest BCUT2D eigenvalue weighted by atomic mass is 9.54. The Labute approximate surface area is 118 Å². The molecular formula is C17H30O2. The smallest absolute Gasteiger partial charge is 0.309 e. The fourth-order valence-electron chi connectivity index (χ4n) is 4.54. The van der Waals surface area contributed by atoms with Crippen LogP contribution in [-0.2, 0) is 4.79 Å². The first-order chi connectivity index (χ1) is 8.91. The maximum Gasteiger partial charge on any atom is 0.309 e. The Morgan fingerprint density at radius 1 is 1.11 bits per heavy atom. The molecule has 2 nitrogen and oxygen atoms in total. The summed E-state index contributed by atoms with van der Waals surface area (Å²) >= 11 is 0. The van der Waals surface area contributed by atoms with E-state index in [0.29, 0.717) is 17.3 Å². The summed E-state index contributed by atoms with van der Waals surface area (Å²) in [5.41, 5.74) is -0.0635. The normalized spacial score (nSPS) is 33.8. The topological polar surface area (TPSA) is 37.3 Å². The van der Waals surface area contributed by atoms with Crippen molar-refractivity contribution in [3.63, 3.8) is 0 Å². The molecule has 2 heteroatoms. The van der Waals surface area contributed by atoms with Crippen molar-refractivity contribution in [2.45, 2.75) is 78.6 Å². The lowest BCUT2D eigenvalue weighted by molar-refractivity contribution is -0.161. The standard InChI is InChI=1S/C17H30O2/c1-4-13-7-5-6-8-14(13)17(15(18)19)11-9-16(2,3)10-12-17/h13-14H,4-12H2,1-3H3,(H,18,19). The minimum Gasteiger partial charge on any atom is -0.481 e. The highest BCUT2D eigenvalue weighted by Gasteiger charge is 2.51. The van der Waals surface area contributed by atoms with Gasteiger partial charge in [-0.25, -0.2) is 0 Å². The van der Waals surface area contributed by atoms with Crippen molar-refractivity contribution in [2.75, 3.05) is 0 Å². The monoisotopic (exact) mass is 266 g/mol. The van der Waals surface area contributed by atoms with Crippen LogP contribution >= 0.6 is 0 Å². The van der Waals surface area contributed by atoms with Gasteiger partial charge >= 0.3 is 5.97 Å². The number of aliphatic carboxylic acids is 1. The third kappa shape index (κ3) is 2.83. The van der Waals surface area contributed by atoms with Crippen molar-refractivity contribution < 1.29 is 9.90 Å². The SMILES string of the molecule is CCC1CCCCC1C1(C(=O)O)CCC(C)(C)CC1. The van der Waals surface area contributed by atoms with Gasteiger partial charge in [0.05, 0.1) is 5.41 Å². The van der Waals surface area contributed by atoms with E-state index in [1.807, 2.05) is 0 Å². The third-order valence-electron chi connectivity index (χ3n) is 6.06. The van der Waals surface area contributed by atoms with E-state index in [-0.39, 0.29) is 0 Å². The van der Waals surface area contributed by atoms with Gasteiger partial charge in [0, 0.05) is 0 Å². The molecule has 2 saturated carbocycles. The van der Waals surface area contributed by atoms with E-state index in [2.05, 4.69) is 20.8 Å². The summed E-state index contributed by atoms with van der Waals surface area (Å²) in [6.45, 7) is 6.82. The number of carbonyl (C=O) groups is 1. The van der Waals surface area contributed by atoms with Crippen LogP contribution in [0.4, 0.5) is 0 Å². The minimum atomic E-state index is -0.506. The first-order valence-electron chi connectivity index (χ1n) is 8.15. The number of carboxylic acid groups (broad SMARTS) is 1. The van der Waals surface area contributed by atoms with Crippen LogP contribution in [-0.4, -0.2) is 11.1 Å². The molecular weight excluding hydrogens is 236 g/mol. The summed E-state index contributed by atoms with van der Waals surface area (Å²) in [5, 5.41) is 9.92. The Morgan fingerprint density at radius 3 is 2.21 bits per heavy atom. The molecule has 19 heavy (non-hydrogen) atoms.